The first-order chi connectivity index (χ1) is 6.36. The zero-order valence-corrected chi connectivity index (χ0v) is 7.23. The lowest BCUT2D eigenvalue weighted by atomic mass is 10.2. The summed E-state index contributed by atoms with van der Waals surface area (Å²) in [4.78, 5) is 8.53. The van der Waals surface area contributed by atoms with E-state index in [9.17, 15) is 0 Å². The second kappa shape index (κ2) is 2.16. The number of aliphatic imine (C=N–C) groups is 1. The minimum Gasteiger partial charge on any atom is -0.258 e. The van der Waals surface area contributed by atoms with E-state index in [0.29, 0.717) is 0 Å². The normalized spacial score (nSPS) is 13.9. The highest BCUT2D eigenvalue weighted by Crippen LogP contribution is 2.28. The molecule has 0 spiro atoms. The third-order valence-electron chi connectivity index (χ3n) is 2.30. The summed E-state index contributed by atoms with van der Waals surface area (Å²) in [5.41, 5.74) is 4.21. The van der Waals surface area contributed by atoms with E-state index in [4.69, 9.17) is 0 Å². The molecule has 0 fully saturated rings. The van der Waals surface area contributed by atoms with Gasteiger partial charge in [-0.25, -0.2) is 9.50 Å². The summed E-state index contributed by atoms with van der Waals surface area (Å²) < 4.78 is 1.90. The van der Waals surface area contributed by atoms with Gasteiger partial charge in [0.1, 0.15) is 11.8 Å². The van der Waals surface area contributed by atoms with Crippen LogP contribution in [0.3, 0.4) is 0 Å². The van der Waals surface area contributed by atoms with E-state index in [1.807, 2.05) is 23.7 Å². The van der Waals surface area contributed by atoms with Crippen molar-refractivity contribution in [1.29, 1.82) is 0 Å². The minimum absolute atomic E-state index is 0.808. The maximum Gasteiger partial charge on any atom is 0.136 e. The first-order valence-corrected chi connectivity index (χ1v) is 4.21. The molecule has 0 amide bonds. The highest BCUT2D eigenvalue weighted by atomic mass is 15.2. The molecule has 2 aromatic heterocycles. The highest BCUT2D eigenvalue weighted by molar-refractivity contribution is 5.84. The number of nitrogens with zero attached hydrogens (tertiary/aromatic N) is 4. The van der Waals surface area contributed by atoms with Gasteiger partial charge in [0.25, 0.3) is 0 Å². The molecular formula is C9H8N4. The first-order valence-electron chi connectivity index (χ1n) is 4.21. The van der Waals surface area contributed by atoms with E-state index in [1.54, 1.807) is 6.33 Å². The number of hydrogen-bond donors (Lipinski definition) is 0. The van der Waals surface area contributed by atoms with E-state index < -0.39 is 0 Å². The summed E-state index contributed by atoms with van der Waals surface area (Å²) in [6.07, 6.45) is 4.30. The molecule has 2 aromatic rings. The van der Waals surface area contributed by atoms with Crippen molar-refractivity contribution in [2.45, 2.75) is 13.3 Å². The summed E-state index contributed by atoms with van der Waals surface area (Å²) in [6.45, 7) is 2.02. The zero-order valence-electron chi connectivity index (χ0n) is 7.23. The number of aromatic nitrogens is 3. The van der Waals surface area contributed by atoms with Crippen molar-refractivity contribution >= 4 is 17.4 Å². The number of aryl methyl sites for hydroxylation is 1. The Balaban J connectivity index is 2.57. The predicted molar refractivity (Wildman–Crippen MR) is 49.6 cm³/mol. The van der Waals surface area contributed by atoms with Crippen molar-refractivity contribution in [3.8, 4) is 0 Å². The van der Waals surface area contributed by atoms with Gasteiger partial charge in [-0.05, 0) is 13.0 Å². The molecule has 0 radical (unpaired) electrons. The van der Waals surface area contributed by atoms with Crippen LogP contribution < -0.4 is 0 Å². The standard InChI is InChI=1S/C9H8N4/c1-6-4-8-9-7(2-3-10-8)11-5-12-13(6)9/h3-5H,2H2,1H3. The second-order valence-corrected chi connectivity index (χ2v) is 3.15. The summed E-state index contributed by atoms with van der Waals surface area (Å²) in [5.74, 6) is 0. The van der Waals surface area contributed by atoms with Crippen molar-refractivity contribution in [2.24, 2.45) is 4.99 Å². The summed E-state index contributed by atoms with van der Waals surface area (Å²) in [6, 6.07) is 2.03. The van der Waals surface area contributed by atoms with Crippen molar-refractivity contribution in [3.05, 3.63) is 23.8 Å². The molecule has 0 aromatic carbocycles. The van der Waals surface area contributed by atoms with Crippen molar-refractivity contribution in [3.63, 3.8) is 0 Å². The molecule has 0 saturated carbocycles. The second-order valence-electron chi connectivity index (χ2n) is 3.15. The largest absolute Gasteiger partial charge is 0.258 e. The Morgan fingerprint density at radius 3 is 3.31 bits per heavy atom. The first kappa shape index (κ1) is 6.77. The van der Waals surface area contributed by atoms with Crippen LogP contribution >= 0.6 is 0 Å². The lowest BCUT2D eigenvalue weighted by Gasteiger charge is -2.04. The molecule has 13 heavy (non-hydrogen) atoms. The van der Waals surface area contributed by atoms with Crippen LogP contribution in [0.25, 0.3) is 5.52 Å². The van der Waals surface area contributed by atoms with Gasteiger partial charge in [0.05, 0.1) is 11.4 Å². The fourth-order valence-electron chi connectivity index (χ4n) is 1.72. The lowest BCUT2D eigenvalue weighted by molar-refractivity contribution is 0.853. The number of hydrogen-bond acceptors (Lipinski definition) is 3. The molecule has 0 bridgehead atoms. The van der Waals surface area contributed by atoms with E-state index in [1.165, 1.54) is 0 Å². The van der Waals surface area contributed by atoms with Gasteiger partial charge in [0, 0.05) is 18.3 Å². The molecule has 64 valence electrons. The van der Waals surface area contributed by atoms with Crippen LogP contribution in [0.5, 0.6) is 0 Å². The van der Waals surface area contributed by atoms with Crippen LogP contribution in [-0.4, -0.2) is 20.8 Å². The smallest absolute Gasteiger partial charge is 0.136 e. The van der Waals surface area contributed by atoms with Gasteiger partial charge in [-0.1, -0.05) is 0 Å². The Kier molecular flexibility index (Phi) is 1.12. The van der Waals surface area contributed by atoms with Crippen LogP contribution in [0, 0.1) is 6.92 Å². The monoisotopic (exact) mass is 172 g/mol. The average Bonchev–Trinajstić information content (AvgIpc) is 2.47. The van der Waals surface area contributed by atoms with E-state index in [0.717, 1.165) is 29.0 Å². The zero-order chi connectivity index (χ0) is 8.84. The molecular weight excluding hydrogens is 164 g/mol. The molecule has 4 nitrogen and oxygen atoms in total. The van der Waals surface area contributed by atoms with Crippen LogP contribution in [0.2, 0.25) is 0 Å². The Bertz CT molecular complexity index is 510. The summed E-state index contributed by atoms with van der Waals surface area (Å²) in [5, 5.41) is 4.18. The van der Waals surface area contributed by atoms with Crippen LogP contribution in [0.1, 0.15) is 11.4 Å². The molecule has 0 N–H and O–H groups in total. The molecule has 0 atom stereocenters. The fraction of sp³-hybridized carbons (Fsp3) is 0.222. The van der Waals surface area contributed by atoms with Crippen molar-refractivity contribution in [2.75, 3.05) is 0 Å². The topological polar surface area (TPSA) is 42.5 Å². The molecule has 3 heterocycles. The van der Waals surface area contributed by atoms with Gasteiger partial charge in [-0.3, -0.25) is 4.99 Å². The molecule has 0 saturated heterocycles. The highest BCUT2D eigenvalue weighted by Gasteiger charge is 2.13. The van der Waals surface area contributed by atoms with E-state index in [2.05, 4.69) is 15.1 Å². The predicted octanol–water partition coefficient (Wildman–Crippen LogP) is 1.30. The van der Waals surface area contributed by atoms with Crippen LogP contribution in [0.15, 0.2) is 17.4 Å². The van der Waals surface area contributed by atoms with Crippen LogP contribution in [0.4, 0.5) is 5.69 Å². The molecule has 0 aliphatic carbocycles. The Morgan fingerprint density at radius 2 is 2.38 bits per heavy atom. The molecule has 1 aliphatic heterocycles. The minimum atomic E-state index is 0.808. The van der Waals surface area contributed by atoms with Gasteiger partial charge < -0.3 is 0 Å². The maximum absolute atomic E-state index is 4.31. The van der Waals surface area contributed by atoms with Gasteiger partial charge >= 0.3 is 0 Å². The Labute approximate surface area is 74.9 Å². The SMILES string of the molecule is Cc1cc2c3c(ncnn13)CC=N2. The van der Waals surface area contributed by atoms with Crippen molar-refractivity contribution < 1.29 is 0 Å². The van der Waals surface area contributed by atoms with Crippen molar-refractivity contribution in [1.82, 2.24) is 14.6 Å². The molecule has 1 aliphatic rings. The third kappa shape index (κ3) is 0.771. The lowest BCUT2D eigenvalue weighted by Crippen LogP contribution is -2.02. The van der Waals surface area contributed by atoms with Gasteiger partial charge in [0.15, 0.2) is 0 Å². The average molecular weight is 172 g/mol. The van der Waals surface area contributed by atoms with Gasteiger partial charge in [0.2, 0.25) is 0 Å². The summed E-state index contributed by atoms with van der Waals surface area (Å²) >= 11 is 0. The third-order valence-corrected chi connectivity index (χ3v) is 2.30. The molecule has 0 unspecified atom stereocenters. The fourth-order valence-corrected chi connectivity index (χ4v) is 1.72. The van der Waals surface area contributed by atoms with Crippen LogP contribution in [-0.2, 0) is 6.42 Å². The van der Waals surface area contributed by atoms with E-state index in [-0.39, 0.29) is 0 Å². The Hall–Kier alpha value is -1.71. The van der Waals surface area contributed by atoms with Gasteiger partial charge in [-0.15, -0.1) is 0 Å². The molecule has 4 heteroatoms. The molecule has 3 rings (SSSR count). The maximum atomic E-state index is 4.31. The van der Waals surface area contributed by atoms with Gasteiger partial charge in [-0.2, -0.15) is 5.10 Å². The number of rotatable bonds is 0. The van der Waals surface area contributed by atoms with E-state index >= 15 is 0 Å². The Morgan fingerprint density at radius 1 is 1.46 bits per heavy atom. The quantitative estimate of drug-likeness (QED) is 0.601. The summed E-state index contributed by atoms with van der Waals surface area (Å²) in [7, 11) is 0.